The van der Waals surface area contributed by atoms with Crippen molar-refractivity contribution in [2.24, 2.45) is 0 Å². The molecule has 0 aromatic heterocycles. The molecule has 0 aliphatic carbocycles. The van der Waals surface area contributed by atoms with Crippen molar-refractivity contribution in [1.82, 2.24) is 0 Å². The predicted octanol–water partition coefficient (Wildman–Crippen LogP) is 5.58. The van der Waals surface area contributed by atoms with Crippen LogP contribution in [0.2, 0.25) is 0 Å². The fourth-order valence-electron chi connectivity index (χ4n) is 1.53. The maximum Gasteiger partial charge on any atom is 0.118 e. The quantitative estimate of drug-likeness (QED) is 0.672. The van der Waals surface area contributed by atoms with E-state index in [1.807, 2.05) is 12.1 Å². The van der Waals surface area contributed by atoms with Crippen LogP contribution in [-0.4, -0.2) is 7.11 Å². The van der Waals surface area contributed by atoms with E-state index >= 15 is 0 Å². The van der Waals surface area contributed by atoms with Gasteiger partial charge in [-0.05, 0) is 30.2 Å². The number of hydrogen-bond donors (Lipinski definition) is 0. The highest BCUT2D eigenvalue weighted by molar-refractivity contribution is 5.64. The van der Waals surface area contributed by atoms with E-state index in [9.17, 15) is 0 Å². The Morgan fingerprint density at radius 2 is 1.06 bits per heavy atom. The first-order chi connectivity index (χ1) is 7.29. The van der Waals surface area contributed by atoms with Crippen molar-refractivity contribution in [3.05, 3.63) is 54.1 Å². The van der Waals surface area contributed by atoms with E-state index in [2.05, 4.69) is 43.3 Å². The number of ether oxygens (including phenoxy) is 1. The van der Waals surface area contributed by atoms with E-state index < -0.39 is 0 Å². The Morgan fingerprint density at radius 3 is 1.44 bits per heavy atom. The Kier molecular flexibility index (Phi) is 8.63. The molecule has 0 aliphatic rings. The summed E-state index contributed by atoms with van der Waals surface area (Å²) in [6, 6.07) is 16.6. The monoisotopic (exact) mass is 246 g/mol. The smallest absolute Gasteiger partial charge is 0.118 e. The summed E-state index contributed by atoms with van der Waals surface area (Å²) in [5, 5.41) is 0. The van der Waals surface area contributed by atoms with Crippen LogP contribution in [0, 0.1) is 6.92 Å². The lowest BCUT2D eigenvalue weighted by molar-refractivity contribution is 0.415. The summed E-state index contributed by atoms with van der Waals surface area (Å²) in [5.41, 5.74) is 3.74. The zero-order valence-electron chi connectivity index (χ0n) is 9.03. The first-order valence-electron chi connectivity index (χ1n) is 5.01. The first-order valence-corrected chi connectivity index (χ1v) is 5.01. The van der Waals surface area contributed by atoms with Crippen molar-refractivity contribution in [3.63, 3.8) is 0 Å². The fourth-order valence-corrected chi connectivity index (χ4v) is 1.53. The maximum atomic E-state index is 5.12. The van der Waals surface area contributed by atoms with Gasteiger partial charge in [-0.2, -0.15) is 0 Å². The summed E-state index contributed by atoms with van der Waals surface area (Å²) in [7, 11) is 1.68. The van der Waals surface area contributed by atoms with Gasteiger partial charge in [0.25, 0.3) is 0 Å². The first kappa shape index (κ1) is 18.6. The molecule has 0 N–H and O–H groups in total. The SMILES string of the molecule is C.C.C.COc1ccc(-c2ccc(C)cc2)cc1. The van der Waals surface area contributed by atoms with E-state index in [1.54, 1.807) is 7.11 Å². The number of aryl methyl sites for hydroxylation is 1. The molecule has 0 spiro atoms. The van der Waals surface area contributed by atoms with E-state index in [4.69, 9.17) is 4.74 Å². The second-order valence-corrected chi connectivity index (χ2v) is 3.59. The van der Waals surface area contributed by atoms with Crippen LogP contribution in [0.1, 0.15) is 27.8 Å². The predicted molar refractivity (Wildman–Crippen MR) is 83.4 cm³/mol. The van der Waals surface area contributed by atoms with Crippen LogP contribution in [0.25, 0.3) is 11.1 Å². The van der Waals surface area contributed by atoms with Gasteiger partial charge in [-0.1, -0.05) is 64.2 Å². The Morgan fingerprint density at radius 1 is 0.667 bits per heavy atom. The fraction of sp³-hybridized carbons (Fsp3) is 0.294. The van der Waals surface area contributed by atoms with Crippen LogP contribution in [0.5, 0.6) is 5.75 Å². The largest absolute Gasteiger partial charge is 0.497 e. The van der Waals surface area contributed by atoms with Crippen molar-refractivity contribution in [1.29, 1.82) is 0 Å². The molecule has 0 heterocycles. The molecule has 0 radical (unpaired) electrons. The normalized spacial score (nSPS) is 8.33. The zero-order valence-corrected chi connectivity index (χ0v) is 9.03. The van der Waals surface area contributed by atoms with Gasteiger partial charge in [0.05, 0.1) is 7.11 Å². The number of methoxy groups -OCH3 is 1. The summed E-state index contributed by atoms with van der Waals surface area (Å²) in [6.45, 7) is 2.10. The van der Waals surface area contributed by atoms with Gasteiger partial charge in [0.2, 0.25) is 0 Å². The standard InChI is InChI=1S/C14H14O.3CH4/c1-11-3-5-12(6-4-11)13-7-9-14(15-2)10-8-13;;;/h3-10H,1-2H3;3*1H4. The molecule has 0 atom stereocenters. The van der Waals surface area contributed by atoms with Crippen molar-refractivity contribution >= 4 is 0 Å². The maximum absolute atomic E-state index is 5.12. The average Bonchev–Trinajstić information content (AvgIpc) is 2.30. The minimum absolute atomic E-state index is 0. The third-order valence-electron chi connectivity index (χ3n) is 2.47. The highest BCUT2D eigenvalue weighted by Crippen LogP contribution is 2.22. The van der Waals surface area contributed by atoms with Crippen LogP contribution in [-0.2, 0) is 0 Å². The van der Waals surface area contributed by atoms with Crippen LogP contribution in [0.3, 0.4) is 0 Å². The van der Waals surface area contributed by atoms with Gasteiger partial charge in [0, 0.05) is 0 Å². The number of hydrogen-bond acceptors (Lipinski definition) is 1. The van der Waals surface area contributed by atoms with Gasteiger partial charge in [0.1, 0.15) is 5.75 Å². The van der Waals surface area contributed by atoms with Gasteiger partial charge in [-0.3, -0.25) is 0 Å². The molecule has 2 rings (SSSR count). The van der Waals surface area contributed by atoms with Gasteiger partial charge in [-0.25, -0.2) is 0 Å². The molecule has 2 aromatic rings. The van der Waals surface area contributed by atoms with Crippen LogP contribution in [0.4, 0.5) is 0 Å². The lowest BCUT2D eigenvalue weighted by Gasteiger charge is -2.03. The molecule has 0 unspecified atom stereocenters. The second-order valence-electron chi connectivity index (χ2n) is 3.59. The zero-order chi connectivity index (χ0) is 10.7. The average molecular weight is 246 g/mol. The third-order valence-corrected chi connectivity index (χ3v) is 2.47. The van der Waals surface area contributed by atoms with Gasteiger partial charge in [-0.15, -0.1) is 0 Å². The molecular weight excluding hydrogens is 220 g/mol. The molecule has 1 nitrogen and oxygen atoms in total. The third kappa shape index (κ3) is 4.25. The highest BCUT2D eigenvalue weighted by Gasteiger charge is 1.97. The van der Waals surface area contributed by atoms with Gasteiger partial charge >= 0.3 is 0 Å². The Balaban J connectivity index is 0. The summed E-state index contributed by atoms with van der Waals surface area (Å²) < 4.78 is 5.12. The lowest BCUT2D eigenvalue weighted by Crippen LogP contribution is -1.82. The second kappa shape index (κ2) is 8.35. The molecule has 100 valence electrons. The van der Waals surface area contributed by atoms with E-state index in [1.165, 1.54) is 16.7 Å². The molecule has 0 saturated heterocycles. The minimum atomic E-state index is 0. The molecule has 0 fully saturated rings. The van der Waals surface area contributed by atoms with Crippen molar-refractivity contribution in [3.8, 4) is 16.9 Å². The summed E-state index contributed by atoms with van der Waals surface area (Å²) >= 11 is 0. The van der Waals surface area contributed by atoms with E-state index in [0.29, 0.717) is 0 Å². The molecular formula is C17H26O. The molecule has 0 bridgehead atoms. The summed E-state index contributed by atoms with van der Waals surface area (Å²) in [6.07, 6.45) is 0. The lowest BCUT2D eigenvalue weighted by atomic mass is 10.0. The molecule has 0 aliphatic heterocycles. The van der Waals surface area contributed by atoms with Gasteiger partial charge in [0.15, 0.2) is 0 Å². The molecule has 18 heavy (non-hydrogen) atoms. The van der Waals surface area contributed by atoms with Crippen molar-refractivity contribution in [2.45, 2.75) is 29.2 Å². The Hall–Kier alpha value is -1.76. The van der Waals surface area contributed by atoms with Crippen LogP contribution in [0.15, 0.2) is 48.5 Å². The van der Waals surface area contributed by atoms with E-state index in [-0.39, 0.29) is 22.3 Å². The molecule has 1 heteroatoms. The number of benzene rings is 2. The van der Waals surface area contributed by atoms with E-state index in [0.717, 1.165) is 5.75 Å². The van der Waals surface area contributed by atoms with Crippen molar-refractivity contribution in [2.75, 3.05) is 7.11 Å². The minimum Gasteiger partial charge on any atom is -0.497 e. The summed E-state index contributed by atoms with van der Waals surface area (Å²) in [4.78, 5) is 0. The topological polar surface area (TPSA) is 9.23 Å². The van der Waals surface area contributed by atoms with Crippen molar-refractivity contribution < 1.29 is 4.74 Å². The van der Waals surface area contributed by atoms with Crippen LogP contribution < -0.4 is 4.74 Å². The highest BCUT2D eigenvalue weighted by atomic mass is 16.5. The Bertz CT molecular complexity index is 426. The van der Waals surface area contributed by atoms with Gasteiger partial charge < -0.3 is 4.74 Å². The molecule has 0 saturated carbocycles. The van der Waals surface area contributed by atoms with Crippen LogP contribution >= 0.6 is 0 Å². The Labute approximate surface area is 112 Å². The molecule has 0 amide bonds. The molecule has 2 aromatic carbocycles. The number of rotatable bonds is 2. The summed E-state index contributed by atoms with van der Waals surface area (Å²) in [5.74, 6) is 0.894.